The Kier molecular flexibility index (Phi) is 7.58. The lowest BCUT2D eigenvalue weighted by atomic mass is 10.1. The number of aliphatic hydroxyl groups is 1. The highest BCUT2D eigenvalue weighted by atomic mass is 27.1. The maximum Gasteiger partial charge on any atom is 0.226 e. The van der Waals surface area contributed by atoms with E-state index < -0.39 is 12.4 Å². The topological polar surface area (TPSA) is 93.8 Å². The second kappa shape index (κ2) is 9.44. The smallest absolute Gasteiger partial charge is 0.226 e. The number of hydrogen-bond acceptors (Lipinski definition) is 5. The van der Waals surface area contributed by atoms with Gasteiger partial charge in [0.2, 0.25) is 27.4 Å². The fourth-order valence-corrected chi connectivity index (χ4v) is 3.79. The van der Waals surface area contributed by atoms with Crippen molar-refractivity contribution in [2.75, 3.05) is 12.3 Å². The lowest BCUT2D eigenvalue weighted by molar-refractivity contribution is -0.196. The predicted octanol–water partition coefficient (Wildman–Crippen LogP) is 1.85. The number of anilines is 1. The lowest BCUT2D eigenvalue weighted by Crippen LogP contribution is -2.41. The number of ether oxygens (including phenoxy) is 2. The summed E-state index contributed by atoms with van der Waals surface area (Å²) in [4.78, 5) is 11.5. The number of carbonyl (C=O) groups excluding carboxylic acids is 1. The SMILES string of the molecule is CCC(=O)NC[CH]([Al][CH3])c1ccc(OC2OC(C)CCC2O)c(N)c1. The number of benzene rings is 1. The van der Waals surface area contributed by atoms with Gasteiger partial charge in [-0.15, -0.1) is 5.79 Å². The molecular weight excluding hydrogens is 335 g/mol. The number of nitrogen functional groups attached to an aromatic ring is 1. The van der Waals surface area contributed by atoms with E-state index in [1.807, 2.05) is 32.0 Å². The largest absolute Gasteiger partial charge is 0.460 e. The molecule has 137 valence electrons. The molecule has 0 bridgehead atoms. The van der Waals surface area contributed by atoms with E-state index in [4.69, 9.17) is 15.2 Å². The van der Waals surface area contributed by atoms with Gasteiger partial charge in [-0.3, -0.25) is 4.79 Å². The van der Waals surface area contributed by atoms with Gasteiger partial charge in [0.15, 0.2) is 0 Å². The third-order valence-corrected chi connectivity index (χ3v) is 5.92. The summed E-state index contributed by atoms with van der Waals surface area (Å²) in [5, 5.41) is 13.0. The van der Waals surface area contributed by atoms with Crippen LogP contribution in [0.5, 0.6) is 5.75 Å². The number of amides is 1. The number of nitrogens with one attached hydrogen (secondary N) is 1. The summed E-state index contributed by atoms with van der Waals surface area (Å²) in [5.41, 5.74) is 7.77. The maximum atomic E-state index is 11.5. The van der Waals surface area contributed by atoms with Crippen molar-refractivity contribution in [2.24, 2.45) is 0 Å². The molecule has 1 aliphatic rings. The third kappa shape index (κ3) is 5.62. The zero-order valence-electron chi connectivity index (χ0n) is 15.2. The molecular formula is C18H28AlN2O4. The van der Waals surface area contributed by atoms with Crippen LogP contribution >= 0.6 is 0 Å². The molecule has 1 amide bonds. The van der Waals surface area contributed by atoms with Gasteiger partial charge in [-0.05, 0) is 31.9 Å². The average Bonchev–Trinajstić information content (AvgIpc) is 2.60. The summed E-state index contributed by atoms with van der Waals surface area (Å²) in [7, 11) is 0. The first-order valence-corrected chi connectivity index (χ1v) is 10.7. The highest BCUT2D eigenvalue weighted by Crippen LogP contribution is 2.29. The Hall–Kier alpha value is -1.26. The van der Waals surface area contributed by atoms with Crippen molar-refractivity contribution in [3.63, 3.8) is 0 Å². The highest BCUT2D eigenvalue weighted by molar-refractivity contribution is 6.36. The number of rotatable bonds is 7. The van der Waals surface area contributed by atoms with E-state index in [1.165, 1.54) is 0 Å². The normalized spacial score (nSPS) is 24.4. The molecule has 7 heteroatoms. The summed E-state index contributed by atoms with van der Waals surface area (Å²) in [6.45, 7) is 4.43. The molecule has 0 aliphatic carbocycles. The van der Waals surface area contributed by atoms with Crippen molar-refractivity contribution < 1.29 is 19.4 Å². The molecule has 4 unspecified atom stereocenters. The molecule has 1 fully saturated rings. The molecule has 1 heterocycles. The van der Waals surface area contributed by atoms with Gasteiger partial charge < -0.3 is 25.6 Å². The van der Waals surface area contributed by atoms with Crippen molar-refractivity contribution in [1.29, 1.82) is 0 Å². The van der Waals surface area contributed by atoms with E-state index in [9.17, 15) is 9.90 Å². The van der Waals surface area contributed by atoms with Gasteiger partial charge in [0, 0.05) is 13.0 Å². The third-order valence-electron chi connectivity index (χ3n) is 4.50. The fourth-order valence-electron chi connectivity index (χ4n) is 2.84. The number of hydrogen-bond donors (Lipinski definition) is 3. The zero-order chi connectivity index (χ0) is 18.4. The molecule has 4 N–H and O–H groups in total. The van der Waals surface area contributed by atoms with Gasteiger partial charge in [0.25, 0.3) is 0 Å². The van der Waals surface area contributed by atoms with E-state index in [-0.39, 0.29) is 32.0 Å². The molecule has 1 saturated heterocycles. The Morgan fingerprint density at radius 1 is 1.52 bits per heavy atom. The monoisotopic (exact) mass is 363 g/mol. The second-order valence-corrected chi connectivity index (χ2v) is 7.94. The highest BCUT2D eigenvalue weighted by Gasteiger charge is 2.30. The first kappa shape index (κ1) is 20.1. The van der Waals surface area contributed by atoms with Crippen LogP contribution in [0.25, 0.3) is 0 Å². The van der Waals surface area contributed by atoms with Crippen molar-refractivity contribution >= 4 is 26.8 Å². The predicted molar refractivity (Wildman–Crippen MR) is 98.7 cm³/mol. The summed E-state index contributed by atoms with van der Waals surface area (Å²) in [6.07, 6.45) is 0.690. The van der Waals surface area contributed by atoms with Crippen LogP contribution in [-0.4, -0.2) is 51.3 Å². The van der Waals surface area contributed by atoms with Crippen LogP contribution in [0.1, 0.15) is 43.5 Å². The second-order valence-electron chi connectivity index (χ2n) is 6.47. The maximum absolute atomic E-state index is 11.5. The molecule has 0 saturated carbocycles. The Balaban J connectivity index is 2.04. The van der Waals surface area contributed by atoms with Crippen LogP contribution < -0.4 is 15.8 Å². The van der Waals surface area contributed by atoms with Gasteiger partial charge >= 0.3 is 0 Å². The zero-order valence-corrected chi connectivity index (χ0v) is 16.4. The minimum atomic E-state index is -0.687. The van der Waals surface area contributed by atoms with E-state index in [1.54, 1.807) is 0 Å². The van der Waals surface area contributed by atoms with Crippen LogP contribution in [0.15, 0.2) is 18.2 Å². The number of carbonyl (C=O) groups is 1. The van der Waals surface area contributed by atoms with Crippen molar-refractivity contribution in [1.82, 2.24) is 5.32 Å². The Morgan fingerprint density at radius 2 is 2.28 bits per heavy atom. The number of aliphatic hydroxyl groups excluding tert-OH is 1. The van der Waals surface area contributed by atoms with Gasteiger partial charge in [0.1, 0.15) is 11.9 Å². The van der Waals surface area contributed by atoms with E-state index in [0.29, 0.717) is 30.8 Å². The van der Waals surface area contributed by atoms with Crippen LogP contribution in [0.4, 0.5) is 5.69 Å². The molecule has 0 spiro atoms. The molecule has 1 radical (unpaired) electrons. The molecule has 1 aliphatic heterocycles. The molecule has 25 heavy (non-hydrogen) atoms. The van der Waals surface area contributed by atoms with E-state index in [2.05, 4.69) is 11.1 Å². The average molecular weight is 363 g/mol. The number of nitrogens with two attached hydrogens (primary N) is 1. The molecule has 6 nitrogen and oxygen atoms in total. The summed E-state index contributed by atoms with van der Waals surface area (Å²) in [6, 6.07) is 5.70. The lowest BCUT2D eigenvalue weighted by Gasteiger charge is -2.32. The fraction of sp³-hybridized carbons (Fsp3) is 0.611. The summed E-state index contributed by atoms with van der Waals surface area (Å²) >= 11 is 0.138. The van der Waals surface area contributed by atoms with Gasteiger partial charge in [-0.25, -0.2) is 0 Å². The van der Waals surface area contributed by atoms with Gasteiger partial charge in [0.05, 0.1) is 11.8 Å². The first-order chi connectivity index (χ1) is 11.9. The Morgan fingerprint density at radius 3 is 2.92 bits per heavy atom. The minimum Gasteiger partial charge on any atom is -0.460 e. The quantitative estimate of drug-likeness (QED) is 0.508. The Labute approximate surface area is 155 Å². The standard InChI is InChI=1S/C17H25N2O4.CH3.Al/c1-3-16(21)19-9-8-12-5-7-15(13(18)10-12)23-17-14(20)6-4-11(2)22-17;;/h5,7-8,10-11,14,17,20H,3-4,6,9,18H2,1-2H3,(H,19,21);1H3;. The van der Waals surface area contributed by atoms with Crippen molar-refractivity contribution in [2.45, 2.75) is 62.2 Å². The van der Waals surface area contributed by atoms with Crippen molar-refractivity contribution in [3.8, 4) is 5.75 Å². The van der Waals surface area contributed by atoms with Crippen LogP contribution in [0.3, 0.4) is 0 Å². The van der Waals surface area contributed by atoms with Crippen molar-refractivity contribution in [3.05, 3.63) is 23.8 Å². The van der Waals surface area contributed by atoms with E-state index in [0.717, 1.165) is 12.0 Å². The Bertz CT molecular complexity index is 584. The minimum absolute atomic E-state index is 0.0586. The van der Waals surface area contributed by atoms with Crippen LogP contribution in [0, 0.1) is 0 Å². The van der Waals surface area contributed by atoms with Gasteiger partial charge in [-0.2, -0.15) is 0 Å². The van der Waals surface area contributed by atoms with Crippen LogP contribution in [-0.2, 0) is 9.53 Å². The molecule has 1 aromatic rings. The summed E-state index contributed by atoms with van der Waals surface area (Å²) < 4.78 is 11.7. The molecule has 4 atom stereocenters. The molecule has 2 rings (SSSR count). The molecule has 1 aromatic carbocycles. The van der Waals surface area contributed by atoms with Crippen LogP contribution in [0.2, 0.25) is 5.79 Å². The first-order valence-electron chi connectivity index (χ1n) is 8.90. The van der Waals surface area contributed by atoms with E-state index >= 15 is 0 Å². The molecule has 0 aromatic heterocycles. The summed E-state index contributed by atoms with van der Waals surface area (Å²) in [5.74, 6) is 2.74. The van der Waals surface area contributed by atoms with Gasteiger partial charge in [-0.1, -0.05) is 23.3 Å².